The number of allylic oxidation sites excluding steroid dienone is 2. The van der Waals surface area contributed by atoms with Crippen LogP contribution in [0.4, 0.5) is 0 Å². The van der Waals surface area contributed by atoms with Gasteiger partial charge in [0.25, 0.3) is 0 Å². The first-order chi connectivity index (χ1) is 15.7. The summed E-state index contributed by atoms with van der Waals surface area (Å²) in [7, 11) is 3.68. The lowest BCUT2D eigenvalue weighted by Crippen LogP contribution is -2.16. The van der Waals surface area contributed by atoms with E-state index in [9.17, 15) is 0 Å². The normalized spacial score (nSPS) is 12.4. The van der Waals surface area contributed by atoms with Crippen LogP contribution in [0, 0.1) is 0 Å². The molecule has 3 aromatic rings. The third-order valence-corrected chi connectivity index (χ3v) is 5.35. The van der Waals surface area contributed by atoms with Crippen molar-refractivity contribution in [3.05, 3.63) is 95.6 Å². The molecule has 0 bridgehead atoms. The molecule has 1 unspecified atom stereocenters. The van der Waals surface area contributed by atoms with Gasteiger partial charge in [-0.1, -0.05) is 66.8 Å². The van der Waals surface area contributed by atoms with Crippen LogP contribution >= 0.6 is 0 Å². The van der Waals surface area contributed by atoms with Crippen molar-refractivity contribution >= 4 is 12.2 Å². The molecule has 0 aliphatic rings. The summed E-state index contributed by atoms with van der Waals surface area (Å²) in [6.45, 7) is 4.93. The van der Waals surface area contributed by atoms with Crippen LogP contribution < -0.4 is 14.8 Å². The van der Waals surface area contributed by atoms with Gasteiger partial charge < -0.3 is 14.8 Å². The van der Waals surface area contributed by atoms with E-state index in [0.29, 0.717) is 0 Å². The maximum atomic E-state index is 6.56. The smallest absolute Gasteiger partial charge is 0.127 e. The Balaban J connectivity index is 2.00. The van der Waals surface area contributed by atoms with Crippen LogP contribution in [0.3, 0.4) is 0 Å². The molecule has 1 N–H and O–H groups in total. The lowest BCUT2D eigenvalue weighted by molar-refractivity contribution is 0.194. The van der Waals surface area contributed by atoms with Gasteiger partial charge in [0.1, 0.15) is 17.6 Å². The highest BCUT2D eigenvalue weighted by molar-refractivity contribution is 5.77. The molecular formula is C29H33NO2. The quantitative estimate of drug-likeness (QED) is 0.372. The van der Waals surface area contributed by atoms with Crippen molar-refractivity contribution in [3.8, 4) is 22.6 Å². The number of benzene rings is 3. The zero-order chi connectivity index (χ0) is 22.8. The van der Waals surface area contributed by atoms with Crippen LogP contribution in [0.5, 0.6) is 11.5 Å². The number of hydrogen-bond donors (Lipinski definition) is 1. The summed E-state index contributed by atoms with van der Waals surface area (Å²) in [5.41, 5.74) is 5.54. The zero-order valence-electron chi connectivity index (χ0n) is 19.5. The Labute approximate surface area is 192 Å². The topological polar surface area (TPSA) is 30.5 Å². The molecule has 0 radical (unpaired) electrons. The van der Waals surface area contributed by atoms with E-state index < -0.39 is 0 Å². The van der Waals surface area contributed by atoms with Crippen molar-refractivity contribution < 1.29 is 9.47 Å². The molecule has 0 fully saturated rings. The third-order valence-electron chi connectivity index (χ3n) is 5.35. The average Bonchev–Trinajstić information content (AvgIpc) is 2.83. The molecule has 166 valence electrons. The Morgan fingerprint density at radius 2 is 1.62 bits per heavy atom. The van der Waals surface area contributed by atoms with Gasteiger partial charge in [-0.25, -0.2) is 0 Å². The number of rotatable bonds is 10. The second-order valence-electron chi connectivity index (χ2n) is 7.62. The van der Waals surface area contributed by atoms with E-state index >= 15 is 0 Å². The van der Waals surface area contributed by atoms with Crippen LogP contribution in [0.2, 0.25) is 0 Å². The highest BCUT2D eigenvalue weighted by Gasteiger charge is 2.16. The highest BCUT2D eigenvalue weighted by Crippen LogP contribution is 2.36. The number of hydrogen-bond acceptors (Lipinski definition) is 3. The molecule has 3 rings (SSSR count). The second-order valence-corrected chi connectivity index (χ2v) is 7.62. The van der Waals surface area contributed by atoms with E-state index in [4.69, 9.17) is 9.47 Å². The molecule has 0 aliphatic carbocycles. The summed E-state index contributed by atoms with van der Waals surface area (Å²) >= 11 is 0. The number of methoxy groups -OCH3 is 1. The standard InChI is InChI=1S/C29H33NO2/c1-5-10-22-14-16-29(31-4)26(20-22)24-15-17-27(25(21-24)11-6-2)32-28(18-19-30-3)23-12-8-7-9-13-23/h5-17,20-21,28,30H,18-19H2,1-4H3/b10-5+,11-6+. The van der Waals surface area contributed by atoms with Crippen molar-refractivity contribution in [3.63, 3.8) is 0 Å². The second kappa shape index (κ2) is 11.9. The molecule has 0 amide bonds. The maximum absolute atomic E-state index is 6.56. The first kappa shape index (κ1) is 23.4. The SMILES string of the molecule is C/C=C/c1ccc(OC)c(-c2ccc(OC(CCNC)c3ccccc3)c(/C=C/C)c2)c1. The Bertz CT molecular complexity index is 1050. The molecule has 0 aliphatic heterocycles. The van der Waals surface area contributed by atoms with Gasteiger partial charge in [0, 0.05) is 17.5 Å². The lowest BCUT2D eigenvalue weighted by Gasteiger charge is -2.22. The van der Waals surface area contributed by atoms with Gasteiger partial charge in [-0.2, -0.15) is 0 Å². The van der Waals surface area contributed by atoms with E-state index in [1.165, 1.54) is 5.56 Å². The summed E-state index contributed by atoms with van der Waals surface area (Å²) < 4.78 is 12.2. The summed E-state index contributed by atoms with van der Waals surface area (Å²) in [5.74, 6) is 1.73. The Hall–Kier alpha value is -3.30. The van der Waals surface area contributed by atoms with Gasteiger partial charge in [-0.05, 0) is 68.4 Å². The number of ether oxygens (including phenoxy) is 2. The van der Waals surface area contributed by atoms with Gasteiger partial charge in [0.15, 0.2) is 0 Å². The first-order valence-corrected chi connectivity index (χ1v) is 11.1. The first-order valence-electron chi connectivity index (χ1n) is 11.1. The Kier molecular flexibility index (Phi) is 8.70. The molecule has 32 heavy (non-hydrogen) atoms. The van der Waals surface area contributed by atoms with E-state index in [-0.39, 0.29) is 6.10 Å². The molecule has 3 heteroatoms. The average molecular weight is 428 g/mol. The Morgan fingerprint density at radius 3 is 2.31 bits per heavy atom. The molecule has 0 saturated carbocycles. The maximum Gasteiger partial charge on any atom is 0.127 e. The minimum absolute atomic E-state index is 0.0222. The van der Waals surface area contributed by atoms with Crippen LogP contribution in [0.1, 0.15) is 43.1 Å². The largest absolute Gasteiger partial charge is 0.496 e. The van der Waals surface area contributed by atoms with Gasteiger partial charge in [-0.15, -0.1) is 0 Å². The summed E-state index contributed by atoms with van der Waals surface area (Å²) in [5, 5.41) is 3.24. The van der Waals surface area contributed by atoms with Gasteiger partial charge >= 0.3 is 0 Å². The molecule has 1 atom stereocenters. The van der Waals surface area contributed by atoms with Gasteiger partial charge in [0.05, 0.1) is 7.11 Å². The van der Waals surface area contributed by atoms with Gasteiger partial charge in [0.2, 0.25) is 0 Å². The highest BCUT2D eigenvalue weighted by atomic mass is 16.5. The predicted octanol–water partition coefficient (Wildman–Crippen LogP) is 7.16. The predicted molar refractivity (Wildman–Crippen MR) is 136 cm³/mol. The minimum Gasteiger partial charge on any atom is -0.496 e. The fraction of sp³-hybridized carbons (Fsp3) is 0.241. The summed E-state index contributed by atoms with van der Waals surface area (Å²) in [4.78, 5) is 0. The van der Waals surface area contributed by atoms with Crippen LogP contribution in [0.15, 0.2) is 78.9 Å². The Morgan fingerprint density at radius 1 is 0.875 bits per heavy atom. The minimum atomic E-state index is -0.0222. The number of nitrogens with one attached hydrogen (secondary N) is 1. The van der Waals surface area contributed by atoms with E-state index in [0.717, 1.165) is 46.7 Å². The van der Waals surface area contributed by atoms with E-state index in [2.05, 4.69) is 72.1 Å². The van der Waals surface area contributed by atoms with Gasteiger partial charge in [-0.3, -0.25) is 0 Å². The van der Waals surface area contributed by atoms with E-state index in [1.54, 1.807) is 7.11 Å². The molecule has 3 aromatic carbocycles. The summed E-state index contributed by atoms with van der Waals surface area (Å²) in [6, 6.07) is 23.0. The molecule has 3 nitrogen and oxygen atoms in total. The fourth-order valence-corrected chi connectivity index (χ4v) is 3.77. The molecule has 0 heterocycles. The molecule has 0 aromatic heterocycles. The fourth-order valence-electron chi connectivity index (χ4n) is 3.77. The van der Waals surface area contributed by atoms with Crippen LogP contribution in [0.25, 0.3) is 23.3 Å². The van der Waals surface area contributed by atoms with Crippen molar-refractivity contribution in [2.75, 3.05) is 20.7 Å². The molecule has 0 spiro atoms. The zero-order valence-corrected chi connectivity index (χ0v) is 19.5. The van der Waals surface area contributed by atoms with Crippen LogP contribution in [-0.2, 0) is 0 Å². The molecule has 0 saturated heterocycles. The van der Waals surface area contributed by atoms with E-state index in [1.807, 2.05) is 45.2 Å². The lowest BCUT2D eigenvalue weighted by atomic mass is 9.98. The molecular weight excluding hydrogens is 394 g/mol. The van der Waals surface area contributed by atoms with Crippen molar-refractivity contribution in [2.24, 2.45) is 0 Å². The van der Waals surface area contributed by atoms with Crippen molar-refractivity contribution in [1.82, 2.24) is 5.32 Å². The third kappa shape index (κ3) is 5.89. The monoisotopic (exact) mass is 427 g/mol. The van der Waals surface area contributed by atoms with Crippen molar-refractivity contribution in [1.29, 1.82) is 0 Å². The van der Waals surface area contributed by atoms with Crippen LogP contribution in [-0.4, -0.2) is 20.7 Å². The summed E-state index contributed by atoms with van der Waals surface area (Å²) in [6.07, 6.45) is 9.15. The van der Waals surface area contributed by atoms with Crippen molar-refractivity contribution in [2.45, 2.75) is 26.4 Å².